The van der Waals surface area contributed by atoms with Crippen LogP contribution in [-0.2, 0) is 4.79 Å². The van der Waals surface area contributed by atoms with Gasteiger partial charge >= 0.3 is 0 Å². The number of hydrogen-bond donors (Lipinski definition) is 0. The van der Waals surface area contributed by atoms with E-state index in [1.807, 2.05) is 30.0 Å². The van der Waals surface area contributed by atoms with Crippen molar-refractivity contribution >= 4 is 5.91 Å². The average molecular weight is 343 g/mol. The predicted molar refractivity (Wildman–Crippen MR) is 89.3 cm³/mol. The van der Waals surface area contributed by atoms with Crippen LogP contribution in [0.25, 0.3) is 11.5 Å². The van der Waals surface area contributed by atoms with Crippen molar-refractivity contribution in [1.82, 2.24) is 15.1 Å². The highest BCUT2D eigenvalue weighted by Gasteiger charge is 2.28. The molecule has 7 nitrogen and oxygen atoms in total. The Morgan fingerprint density at radius 1 is 1.28 bits per heavy atom. The number of piperidine rings is 1. The van der Waals surface area contributed by atoms with Crippen LogP contribution in [0.2, 0.25) is 0 Å². The molecule has 0 radical (unpaired) electrons. The lowest BCUT2D eigenvalue weighted by atomic mass is 9.97. The van der Waals surface area contributed by atoms with Crippen LogP contribution in [-0.4, -0.2) is 40.9 Å². The molecule has 1 aromatic heterocycles. The van der Waals surface area contributed by atoms with Crippen molar-refractivity contribution in [2.75, 3.05) is 19.9 Å². The molecule has 2 aliphatic heterocycles. The third-order valence-electron chi connectivity index (χ3n) is 4.65. The molecule has 1 fully saturated rings. The molecule has 0 unspecified atom stereocenters. The number of aromatic nitrogens is 2. The van der Waals surface area contributed by atoms with E-state index >= 15 is 0 Å². The molecule has 1 amide bonds. The summed E-state index contributed by atoms with van der Waals surface area (Å²) in [6, 6.07) is 5.56. The van der Waals surface area contributed by atoms with Crippen molar-refractivity contribution in [2.45, 2.75) is 38.5 Å². The average Bonchev–Trinajstić information content (AvgIpc) is 3.31. The van der Waals surface area contributed by atoms with Crippen LogP contribution < -0.4 is 9.47 Å². The van der Waals surface area contributed by atoms with E-state index in [1.165, 1.54) is 0 Å². The zero-order chi connectivity index (χ0) is 17.2. The summed E-state index contributed by atoms with van der Waals surface area (Å²) in [5.74, 6) is 2.78. The second-order valence-corrected chi connectivity index (χ2v) is 6.44. The molecule has 0 saturated carbocycles. The van der Waals surface area contributed by atoms with Crippen LogP contribution >= 0.6 is 0 Å². The van der Waals surface area contributed by atoms with Gasteiger partial charge in [-0.3, -0.25) is 4.79 Å². The highest BCUT2D eigenvalue weighted by molar-refractivity contribution is 5.76. The summed E-state index contributed by atoms with van der Waals surface area (Å²) in [5, 5.41) is 8.40. The van der Waals surface area contributed by atoms with Gasteiger partial charge in [0, 0.05) is 25.1 Å². The monoisotopic (exact) mass is 343 g/mol. The van der Waals surface area contributed by atoms with Crippen LogP contribution in [0, 0.1) is 0 Å². The number of likely N-dealkylation sites (tertiary alicyclic amines) is 1. The summed E-state index contributed by atoms with van der Waals surface area (Å²) in [4.78, 5) is 14.1. The molecule has 1 saturated heterocycles. The van der Waals surface area contributed by atoms with E-state index in [9.17, 15) is 4.79 Å². The van der Waals surface area contributed by atoms with Crippen molar-refractivity contribution in [3.8, 4) is 23.0 Å². The maximum atomic E-state index is 12.1. The first-order valence-electron chi connectivity index (χ1n) is 8.76. The lowest BCUT2D eigenvalue weighted by Crippen LogP contribution is -2.39. The first-order chi connectivity index (χ1) is 12.2. The van der Waals surface area contributed by atoms with Gasteiger partial charge in [-0.25, -0.2) is 0 Å². The van der Waals surface area contributed by atoms with Gasteiger partial charge in [0.1, 0.15) is 0 Å². The second-order valence-electron chi connectivity index (χ2n) is 6.44. The number of fused-ring (bicyclic) bond motifs is 1. The molecule has 2 aromatic rings. The molecule has 0 bridgehead atoms. The molecular formula is C18H21N3O4. The van der Waals surface area contributed by atoms with E-state index in [4.69, 9.17) is 13.9 Å². The van der Waals surface area contributed by atoms with E-state index in [0.717, 1.165) is 37.1 Å². The van der Waals surface area contributed by atoms with E-state index < -0.39 is 0 Å². The van der Waals surface area contributed by atoms with Gasteiger partial charge in [-0.2, -0.15) is 0 Å². The van der Waals surface area contributed by atoms with Crippen LogP contribution in [0.3, 0.4) is 0 Å². The molecule has 25 heavy (non-hydrogen) atoms. The Kier molecular flexibility index (Phi) is 4.29. The maximum Gasteiger partial charge on any atom is 0.247 e. The Morgan fingerprint density at radius 3 is 3.04 bits per heavy atom. The van der Waals surface area contributed by atoms with Gasteiger partial charge in [-0.05, 0) is 37.5 Å². The van der Waals surface area contributed by atoms with E-state index in [1.54, 1.807) is 0 Å². The maximum absolute atomic E-state index is 12.1. The second kappa shape index (κ2) is 6.74. The van der Waals surface area contributed by atoms with Crippen molar-refractivity contribution in [2.24, 2.45) is 0 Å². The van der Waals surface area contributed by atoms with Crippen LogP contribution in [0.1, 0.15) is 44.4 Å². The van der Waals surface area contributed by atoms with Crippen LogP contribution in [0.15, 0.2) is 22.6 Å². The first-order valence-corrected chi connectivity index (χ1v) is 8.76. The molecule has 0 N–H and O–H groups in total. The summed E-state index contributed by atoms with van der Waals surface area (Å²) in [6.07, 6.45) is 3.38. The number of rotatable bonds is 4. The number of benzene rings is 1. The van der Waals surface area contributed by atoms with E-state index in [2.05, 4.69) is 10.2 Å². The fourth-order valence-corrected chi connectivity index (χ4v) is 3.32. The zero-order valence-corrected chi connectivity index (χ0v) is 14.2. The summed E-state index contributed by atoms with van der Waals surface area (Å²) in [7, 11) is 0. The predicted octanol–water partition coefficient (Wildman–Crippen LogP) is 2.97. The molecule has 4 rings (SSSR count). The van der Waals surface area contributed by atoms with Crippen molar-refractivity contribution < 1.29 is 18.7 Å². The molecular weight excluding hydrogens is 322 g/mol. The third kappa shape index (κ3) is 3.18. The van der Waals surface area contributed by atoms with E-state index in [0.29, 0.717) is 30.5 Å². The SMILES string of the molecule is CCCC(=O)N1CCC[C@H](c2nnc(-c3ccc4c(c3)OCO4)o2)C1. The first kappa shape index (κ1) is 15.9. The standard InChI is InChI=1S/C18H21N3O4/c1-2-4-16(22)21-8-3-5-13(10-21)18-20-19-17(25-18)12-6-7-14-15(9-12)24-11-23-14/h6-7,9,13H,2-5,8,10-11H2,1H3/t13-/m0/s1. The summed E-state index contributed by atoms with van der Waals surface area (Å²) >= 11 is 0. The van der Waals surface area contributed by atoms with Crippen LogP contribution in [0.5, 0.6) is 11.5 Å². The molecule has 1 aromatic carbocycles. The molecule has 1 atom stereocenters. The zero-order valence-electron chi connectivity index (χ0n) is 14.2. The van der Waals surface area contributed by atoms with Crippen molar-refractivity contribution in [1.29, 1.82) is 0 Å². The number of carbonyl (C=O) groups excluding carboxylic acids is 1. The van der Waals surface area contributed by atoms with Gasteiger partial charge < -0.3 is 18.8 Å². The minimum Gasteiger partial charge on any atom is -0.454 e. The van der Waals surface area contributed by atoms with Gasteiger partial charge in [-0.15, -0.1) is 10.2 Å². The van der Waals surface area contributed by atoms with Gasteiger partial charge in [0.15, 0.2) is 11.5 Å². The Balaban J connectivity index is 1.50. The fourth-order valence-electron chi connectivity index (χ4n) is 3.32. The Labute approximate surface area is 145 Å². The smallest absolute Gasteiger partial charge is 0.247 e. The molecule has 0 aliphatic carbocycles. The van der Waals surface area contributed by atoms with Crippen molar-refractivity contribution in [3.63, 3.8) is 0 Å². The van der Waals surface area contributed by atoms with Gasteiger partial charge in [0.25, 0.3) is 0 Å². The molecule has 2 aliphatic rings. The lowest BCUT2D eigenvalue weighted by molar-refractivity contribution is -0.132. The summed E-state index contributed by atoms with van der Waals surface area (Å²) in [5.41, 5.74) is 0.803. The number of nitrogens with zero attached hydrogens (tertiary/aromatic N) is 3. The largest absolute Gasteiger partial charge is 0.454 e. The fraction of sp³-hybridized carbons (Fsp3) is 0.500. The number of carbonyl (C=O) groups is 1. The van der Waals surface area contributed by atoms with Gasteiger partial charge in [0.05, 0.1) is 5.92 Å². The molecule has 3 heterocycles. The number of amides is 1. The normalized spacial score (nSPS) is 19.2. The summed E-state index contributed by atoms with van der Waals surface area (Å²) < 4.78 is 16.6. The number of hydrogen-bond acceptors (Lipinski definition) is 6. The number of ether oxygens (including phenoxy) is 2. The van der Waals surface area contributed by atoms with E-state index in [-0.39, 0.29) is 18.6 Å². The quantitative estimate of drug-likeness (QED) is 0.849. The van der Waals surface area contributed by atoms with Crippen LogP contribution in [0.4, 0.5) is 0 Å². The topological polar surface area (TPSA) is 77.7 Å². The Hall–Kier alpha value is -2.57. The van der Waals surface area contributed by atoms with Gasteiger partial charge in [-0.1, -0.05) is 6.92 Å². The molecule has 132 valence electrons. The highest BCUT2D eigenvalue weighted by Crippen LogP contribution is 2.36. The minimum atomic E-state index is 0.102. The Morgan fingerprint density at radius 2 is 2.16 bits per heavy atom. The van der Waals surface area contributed by atoms with Crippen molar-refractivity contribution in [3.05, 3.63) is 24.1 Å². The highest BCUT2D eigenvalue weighted by atomic mass is 16.7. The summed E-state index contributed by atoms with van der Waals surface area (Å²) in [6.45, 7) is 3.73. The lowest BCUT2D eigenvalue weighted by Gasteiger charge is -2.31. The third-order valence-corrected chi connectivity index (χ3v) is 4.65. The molecule has 7 heteroatoms. The van der Waals surface area contributed by atoms with Gasteiger partial charge in [0.2, 0.25) is 24.5 Å². The minimum absolute atomic E-state index is 0.102. The molecule has 0 spiro atoms. The Bertz CT molecular complexity index is 773.